The molecule has 0 radical (unpaired) electrons. The monoisotopic (exact) mass is 345 g/mol. The van der Waals surface area contributed by atoms with E-state index in [0.717, 1.165) is 33.7 Å². The highest BCUT2D eigenvalue weighted by molar-refractivity contribution is 8.13. The number of carbonyl (C=O) groups is 1. The molecule has 23 heavy (non-hydrogen) atoms. The Hall–Kier alpha value is -1.66. The van der Waals surface area contributed by atoms with E-state index in [1.807, 2.05) is 30.6 Å². The van der Waals surface area contributed by atoms with E-state index in [4.69, 9.17) is 5.73 Å². The maximum atomic E-state index is 12.4. The maximum Gasteiger partial charge on any atom is 0.177 e. The minimum absolute atomic E-state index is 0.142. The van der Waals surface area contributed by atoms with Crippen molar-refractivity contribution < 1.29 is 4.79 Å². The number of hydrogen-bond donors (Lipinski definition) is 1. The van der Waals surface area contributed by atoms with Gasteiger partial charge in [0, 0.05) is 24.6 Å². The largest absolute Gasteiger partial charge is 0.379 e. The molecule has 2 aromatic rings. The van der Waals surface area contributed by atoms with Crippen LogP contribution in [0.2, 0.25) is 0 Å². The van der Waals surface area contributed by atoms with Gasteiger partial charge in [-0.3, -0.25) is 14.8 Å². The van der Waals surface area contributed by atoms with Crippen molar-refractivity contribution in [1.29, 1.82) is 0 Å². The van der Waals surface area contributed by atoms with Crippen molar-refractivity contribution in [2.45, 2.75) is 32.2 Å². The smallest absolute Gasteiger partial charge is 0.177 e. The van der Waals surface area contributed by atoms with Crippen molar-refractivity contribution in [3.63, 3.8) is 0 Å². The van der Waals surface area contributed by atoms with Crippen LogP contribution in [0.4, 0.5) is 0 Å². The van der Waals surface area contributed by atoms with E-state index in [9.17, 15) is 4.79 Å². The van der Waals surface area contributed by atoms with Gasteiger partial charge in [0.05, 0.1) is 10.4 Å². The highest BCUT2D eigenvalue weighted by Crippen LogP contribution is 2.35. The number of hydrogen-bond acceptors (Lipinski definition) is 6. The lowest BCUT2D eigenvalue weighted by Crippen LogP contribution is -2.29. The lowest BCUT2D eigenvalue weighted by Gasteiger charge is -2.29. The first kappa shape index (κ1) is 16.2. The van der Waals surface area contributed by atoms with Crippen LogP contribution >= 0.6 is 23.1 Å². The van der Waals surface area contributed by atoms with Gasteiger partial charge in [-0.1, -0.05) is 11.8 Å². The van der Waals surface area contributed by atoms with Crippen molar-refractivity contribution in [3.05, 3.63) is 51.5 Å². The molecular formula is C17H19N3OS2. The number of ketones is 1. The highest BCUT2D eigenvalue weighted by Gasteiger charge is 2.30. The van der Waals surface area contributed by atoms with Crippen LogP contribution in [0.5, 0.6) is 0 Å². The molecule has 0 saturated heterocycles. The quantitative estimate of drug-likeness (QED) is 0.861. The number of carbonyl (C=O) groups excluding carboxylic acids is 1. The average molecular weight is 345 g/mol. The number of Topliss-reactive ketones (excluding diaryl/α,β-unsaturated/α-hetero) is 1. The number of thiophene rings is 1. The molecule has 1 atom stereocenters. The lowest BCUT2D eigenvalue weighted by atomic mass is 9.90. The predicted octanol–water partition coefficient (Wildman–Crippen LogP) is 3.54. The Labute approximate surface area is 144 Å². The second-order valence-electron chi connectivity index (χ2n) is 5.94. The first-order valence-electron chi connectivity index (χ1n) is 7.48. The Morgan fingerprint density at radius 3 is 2.96 bits per heavy atom. The average Bonchev–Trinajstić information content (AvgIpc) is 2.93. The molecule has 0 saturated carbocycles. The van der Waals surface area contributed by atoms with Gasteiger partial charge in [-0.15, -0.1) is 11.3 Å². The van der Waals surface area contributed by atoms with Gasteiger partial charge in [0.25, 0.3) is 0 Å². The van der Waals surface area contributed by atoms with Gasteiger partial charge in [-0.05, 0) is 54.5 Å². The van der Waals surface area contributed by atoms with Gasteiger partial charge in [0.2, 0.25) is 0 Å². The summed E-state index contributed by atoms with van der Waals surface area (Å²) in [5.74, 6) is 1.09. The molecule has 0 spiro atoms. The summed E-state index contributed by atoms with van der Waals surface area (Å²) in [5, 5.41) is 2.57. The Morgan fingerprint density at radius 2 is 2.26 bits per heavy atom. The second kappa shape index (κ2) is 6.45. The fourth-order valence-corrected chi connectivity index (χ4v) is 4.54. The number of amidine groups is 1. The van der Waals surface area contributed by atoms with Crippen molar-refractivity contribution >= 4 is 34.0 Å². The lowest BCUT2D eigenvalue weighted by molar-refractivity contribution is 0.0996. The number of aryl methyl sites for hydroxylation is 1. The molecule has 6 heteroatoms. The van der Waals surface area contributed by atoms with Crippen LogP contribution in [0.15, 0.2) is 34.9 Å². The molecule has 2 N–H and O–H groups in total. The number of rotatable bonds is 4. The van der Waals surface area contributed by atoms with Crippen molar-refractivity contribution in [3.8, 4) is 0 Å². The Kier molecular flexibility index (Phi) is 4.55. The van der Waals surface area contributed by atoms with Gasteiger partial charge >= 0.3 is 0 Å². The van der Waals surface area contributed by atoms with Crippen molar-refractivity contribution in [2.24, 2.45) is 10.7 Å². The van der Waals surface area contributed by atoms with Crippen LogP contribution in [-0.4, -0.2) is 21.7 Å². The predicted molar refractivity (Wildman–Crippen MR) is 97.4 cm³/mol. The molecule has 2 aromatic heterocycles. The van der Waals surface area contributed by atoms with E-state index in [2.05, 4.69) is 16.9 Å². The van der Waals surface area contributed by atoms with Crippen LogP contribution in [0, 0.1) is 6.92 Å². The van der Waals surface area contributed by atoms with Gasteiger partial charge in [0.15, 0.2) is 11.0 Å². The molecule has 1 aliphatic heterocycles. The maximum absolute atomic E-state index is 12.4. The third-order valence-electron chi connectivity index (χ3n) is 4.09. The van der Waals surface area contributed by atoms with E-state index in [1.165, 1.54) is 11.3 Å². The molecule has 0 fully saturated rings. The summed E-state index contributed by atoms with van der Waals surface area (Å²) in [7, 11) is 0. The van der Waals surface area contributed by atoms with E-state index in [-0.39, 0.29) is 11.3 Å². The zero-order valence-electron chi connectivity index (χ0n) is 13.2. The van der Waals surface area contributed by atoms with E-state index in [1.54, 1.807) is 18.0 Å². The van der Waals surface area contributed by atoms with Gasteiger partial charge < -0.3 is 5.73 Å². The summed E-state index contributed by atoms with van der Waals surface area (Å²) in [4.78, 5) is 22.2. The molecule has 0 unspecified atom stereocenters. The van der Waals surface area contributed by atoms with Crippen LogP contribution in [0.3, 0.4) is 0 Å². The standard InChI is InChI=1S/C17H19N3OS2/c1-11-3-5-22-15(11)14(21)8-12-7-13(10-19-9-12)17(2)4-6-23-16(18)20-17/h3,5,7,9-10H,4,6,8H2,1-2H3,(H2,18,20)/t17-/m0/s1. The van der Waals surface area contributed by atoms with Gasteiger partial charge in [0.1, 0.15) is 0 Å². The first-order chi connectivity index (χ1) is 11.0. The summed E-state index contributed by atoms with van der Waals surface area (Å²) in [6, 6.07) is 4.02. The van der Waals surface area contributed by atoms with E-state index in [0.29, 0.717) is 11.6 Å². The molecule has 0 bridgehead atoms. The number of pyridine rings is 1. The number of aliphatic imine (C=N–C) groups is 1. The second-order valence-corrected chi connectivity index (χ2v) is 7.97. The summed E-state index contributed by atoms with van der Waals surface area (Å²) in [6.07, 6.45) is 4.88. The SMILES string of the molecule is Cc1ccsc1C(=O)Cc1cncc([C@]2(C)CCSC(N)=N2)c1. The summed E-state index contributed by atoms with van der Waals surface area (Å²) in [5.41, 5.74) is 8.53. The third-order valence-corrected chi connectivity index (χ3v) is 5.95. The number of nitrogens with zero attached hydrogens (tertiary/aromatic N) is 2. The molecule has 0 amide bonds. The topological polar surface area (TPSA) is 68.3 Å². The van der Waals surface area contributed by atoms with Gasteiger partial charge in [-0.2, -0.15) is 0 Å². The van der Waals surface area contributed by atoms with E-state index >= 15 is 0 Å². The number of nitrogens with two attached hydrogens (primary N) is 1. The Balaban J connectivity index is 1.85. The van der Waals surface area contributed by atoms with Crippen LogP contribution < -0.4 is 5.73 Å². The van der Waals surface area contributed by atoms with E-state index < -0.39 is 0 Å². The molecule has 120 valence electrons. The molecule has 3 heterocycles. The zero-order chi connectivity index (χ0) is 16.4. The summed E-state index contributed by atoms with van der Waals surface area (Å²) in [6.45, 7) is 4.04. The number of thioether (sulfide) groups is 1. The van der Waals surface area contributed by atoms with Crippen LogP contribution in [0.25, 0.3) is 0 Å². The molecular weight excluding hydrogens is 326 g/mol. The normalized spacial score (nSPS) is 21.0. The van der Waals surface area contributed by atoms with Crippen molar-refractivity contribution in [2.75, 3.05) is 5.75 Å². The third kappa shape index (κ3) is 3.48. The molecule has 0 aromatic carbocycles. The molecule has 3 rings (SSSR count). The Bertz CT molecular complexity index is 769. The Morgan fingerprint density at radius 1 is 1.43 bits per heavy atom. The van der Waals surface area contributed by atoms with Crippen LogP contribution in [0.1, 0.15) is 39.7 Å². The summed E-state index contributed by atoms with van der Waals surface area (Å²) < 4.78 is 0. The number of aromatic nitrogens is 1. The zero-order valence-corrected chi connectivity index (χ0v) is 14.8. The summed E-state index contributed by atoms with van der Waals surface area (Å²) >= 11 is 3.08. The molecule has 1 aliphatic rings. The minimum Gasteiger partial charge on any atom is -0.379 e. The minimum atomic E-state index is -0.347. The van der Waals surface area contributed by atoms with Crippen LogP contribution in [-0.2, 0) is 12.0 Å². The first-order valence-corrected chi connectivity index (χ1v) is 9.34. The fraction of sp³-hybridized carbons (Fsp3) is 0.353. The van der Waals surface area contributed by atoms with Gasteiger partial charge in [-0.25, -0.2) is 0 Å². The fourth-order valence-electron chi connectivity index (χ4n) is 2.70. The molecule has 0 aliphatic carbocycles. The highest BCUT2D eigenvalue weighted by atomic mass is 32.2. The molecule has 4 nitrogen and oxygen atoms in total. The van der Waals surface area contributed by atoms with Crippen molar-refractivity contribution in [1.82, 2.24) is 4.98 Å².